The lowest BCUT2D eigenvalue weighted by atomic mass is 10.1. The second kappa shape index (κ2) is 6.86. The number of hydrogen-bond donors (Lipinski definition) is 1. The predicted molar refractivity (Wildman–Crippen MR) is 87.3 cm³/mol. The highest BCUT2D eigenvalue weighted by atomic mass is 16.4. The molecular formula is C18H20N2O4. The third kappa shape index (κ3) is 3.64. The average Bonchev–Trinajstić information content (AvgIpc) is 3.23. The first-order chi connectivity index (χ1) is 11.5. The van der Waals surface area contributed by atoms with Crippen LogP contribution < -0.4 is 0 Å². The summed E-state index contributed by atoms with van der Waals surface area (Å²) >= 11 is 0. The van der Waals surface area contributed by atoms with E-state index in [0.717, 1.165) is 5.56 Å². The Hall–Kier alpha value is -2.63. The van der Waals surface area contributed by atoms with Crippen LogP contribution in [-0.2, 0) is 16.0 Å². The summed E-state index contributed by atoms with van der Waals surface area (Å²) in [6, 6.07) is 7.96. The molecule has 0 spiro atoms. The van der Waals surface area contributed by atoms with Gasteiger partial charge in [-0.1, -0.05) is 29.8 Å². The van der Waals surface area contributed by atoms with Crippen molar-refractivity contribution in [2.45, 2.75) is 26.2 Å². The Kier molecular flexibility index (Phi) is 4.64. The van der Waals surface area contributed by atoms with Crippen LogP contribution in [0.15, 0.2) is 34.9 Å². The summed E-state index contributed by atoms with van der Waals surface area (Å²) < 4.78 is 5.71. The standard InChI is InChI=1S/C18H20N2O4/c1-12-2-4-13(5-3-12)15-10-19-16(24-15)6-7-17(21)20-9-8-14(11-20)18(22)23/h2-5,10,14H,6-9,11H2,1H3,(H,22,23)/t14-/m1/s1. The maximum atomic E-state index is 12.2. The SMILES string of the molecule is Cc1ccc(-c2cnc(CCC(=O)N3CC[C@@H](C(=O)O)C3)o2)cc1. The first kappa shape index (κ1) is 16.2. The van der Waals surface area contributed by atoms with Gasteiger partial charge in [-0.05, 0) is 13.3 Å². The normalized spacial score (nSPS) is 17.2. The number of nitrogens with zero attached hydrogens (tertiary/aromatic N) is 2. The van der Waals surface area contributed by atoms with Crippen LogP contribution in [0.5, 0.6) is 0 Å². The van der Waals surface area contributed by atoms with E-state index in [0.29, 0.717) is 37.6 Å². The molecule has 2 aromatic rings. The maximum absolute atomic E-state index is 12.2. The van der Waals surface area contributed by atoms with Crippen LogP contribution in [0.4, 0.5) is 0 Å². The minimum atomic E-state index is -0.833. The average molecular weight is 328 g/mol. The van der Waals surface area contributed by atoms with Crippen molar-refractivity contribution in [2.24, 2.45) is 5.92 Å². The topological polar surface area (TPSA) is 83.6 Å². The van der Waals surface area contributed by atoms with Crippen LogP contribution in [0.1, 0.15) is 24.3 Å². The molecule has 1 saturated heterocycles. The largest absolute Gasteiger partial charge is 0.481 e. The van der Waals surface area contributed by atoms with Gasteiger partial charge in [0.25, 0.3) is 0 Å². The third-order valence-electron chi connectivity index (χ3n) is 4.33. The van der Waals surface area contributed by atoms with Crippen LogP contribution in [0, 0.1) is 12.8 Å². The summed E-state index contributed by atoms with van der Waals surface area (Å²) in [4.78, 5) is 28.9. The predicted octanol–water partition coefficient (Wildman–Crippen LogP) is 2.52. The van der Waals surface area contributed by atoms with E-state index in [9.17, 15) is 9.59 Å². The van der Waals surface area contributed by atoms with Gasteiger partial charge in [0.05, 0.1) is 12.1 Å². The van der Waals surface area contributed by atoms with Gasteiger partial charge in [0, 0.05) is 31.5 Å². The number of oxazole rings is 1. The minimum absolute atomic E-state index is 0.0474. The molecule has 2 heterocycles. The van der Waals surface area contributed by atoms with E-state index in [-0.39, 0.29) is 12.3 Å². The number of aryl methyl sites for hydroxylation is 2. The summed E-state index contributed by atoms with van der Waals surface area (Å²) in [5.41, 5.74) is 2.13. The number of hydrogen-bond acceptors (Lipinski definition) is 4. The number of carboxylic acids is 1. The number of benzene rings is 1. The van der Waals surface area contributed by atoms with Crippen LogP contribution in [0.2, 0.25) is 0 Å². The zero-order chi connectivity index (χ0) is 17.1. The molecule has 0 saturated carbocycles. The van der Waals surface area contributed by atoms with E-state index < -0.39 is 11.9 Å². The van der Waals surface area contributed by atoms with Crippen molar-refractivity contribution >= 4 is 11.9 Å². The summed E-state index contributed by atoms with van der Waals surface area (Å²) in [6.07, 6.45) is 2.89. The molecule has 0 aliphatic carbocycles. The van der Waals surface area contributed by atoms with Crippen molar-refractivity contribution in [3.8, 4) is 11.3 Å². The number of carboxylic acid groups (broad SMARTS) is 1. The Morgan fingerprint density at radius 3 is 2.75 bits per heavy atom. The zero-order valence-electron chi connectivity index (χ0n) is 13.6. The monoisotopic (exact) mass is 328 g/mol. The maximum Gasteiger partial charge on any atom is 0.308 e. The van der Waals surface area contributed by atoms with E-state index in [1.54, 1.807) is 11.1 Å². The van der Waals surface area contributed by atoms with Crippen LogP contribution in [0.25, 0.3) is 11.3 Å². The van der Waals surface area contributed by atoms with Gasteiger partial charge < -0.3 is 14.4 Å². The summed E-state index contributed by atoms with van der Waals surface area (Å²) in [6.45, 7) is 2.83. The van der Waals surface area contributed by atoms with Crippen molar-refractivity contribution in [1.29, 1.82) is 0 Å². The Bertz CT molecular complexity index is 736. The number of carbonyl (C=O) groups excluding carboxylic acids is 1. The van der Waals surface area contributed by atoms with Crippen LogP contribution in [-0.4, -0.2) is 40.0 Å². The molecule has 126 valence electrons. The Morgan fingerprint density at radius 1 is 1.33 bits per heavy atom. The van der Waals surface area contributed by atoms with Gasteiger partial charge >= 0.3 is 5.97 Å². The van der Waals surface area contributed by atoms with Gasteiger partial charge in [0.2, 0.25) is 5.91 Å². The summed E-state index contributed by atoms with van der Waals surface area (Å²) in [5, 5.41) is 8.99. The van der Waals surface area contributed by atoms with Gasteiger partial charge in [0.1, 0.15) is 0 Å². The minimum Gasteiger partial charge on any atom is -0.481 e. The molecule has 1 aromatic heterocycles. The third-order valence-corrected chi connectivity index (χ3v) is 4.33. The van der Waals surface area contributed by atoms with E-state index >= 15 is 0 Å². The molecule has 1 aliphatic heterocycles. The van der Waals surface area contributed by atoms with E-state index in [2.05, 4.69) is 4.98 Å². The Balaban J connectivity index is 1.55. The van der Waals surface area contributed by atoms with E-state index in [1.165, 1.54) is 5.56 Å². The first-order valence-electron chi connectivity index (χ1n) is 8.05. The number of rotatable bonds is 5. The van der Waals surface area contributed by atoms with Crippen molar-refractivity contribution in [2.75, 3.05) is 13.1 Å². The molecule has 0 unspecified atom stereocenters. The number of amides is 1. The molecule has 1 aromatic carbocycles. The molecule has 1 atom stereocenters. The van der Waals surface area contributed by atoms with Crippen LogP contribution >= 0.6 is 0 Å². The molecule has 0 radical (unpaired) electrons. The van der Waals surface area contributed by atoms with Crippen LogP contribution in [0.3, 0.4) is 0 Å². The molecule has 24 heavy (non-hydrogen) atoms. The quantitative estimate of drug-likeness (QED) is 0.912. The first-order valence-corrected chi connectivity index (χ1v) is 8.05. The van der Waals surface area contributed by atoms with Crippen molar-refractivity contribution in [3.05, 3.63) is 41.9 Å². The van der Waals surface area contributed by atoms with E-state index in [4.69, 9.17) is 9.52 Å². The van der Waals surface area contributed by atoms with Crippen molar-refractivity contribution in [1.82, 2.24) is 9.88 Å². The lowest BCUT2D eigenvalue weighted by Gasteiger charge is -2.14. The highest BCUT2D eigenvalue weighted by Gasteiger charge is 2.30. The van der Waals surface area contributed by atoms with Gasteiger partial charge in [-0.2, -0.15) is 0 Å². The molecule has 3 rings (SSSR count). The number of carbonyl (C=O) groups is 2. The highest BCUT2D eigenvalue weighted by molar-refractivity contribution is 5.78. The second-order valence-electron chi connectivity index (χ2n) is 6.15. The Morgan fingerprint density at radius 2 is 2.08 bits per heavy atom. The lowest BCUT2D eigenvalue weighted by Crippen LogP contribution is -2.30. The van der Waals surface area contributed by atoms with Gasteiger partial charge in [-0.15, -0.1) is 0 Å². The van der Waals surface area contributed by atoms with Crippen molar-refractivity contribution in [3.63, 3.8) is 0 Å². The van der Waals surface area contributed by atoms with Gasteiger partial charge in [-0.3, -0.25) is 9.59 Å². The van der Waals surface area contributed by atoms with E-state index in [1.807, 2.05) is 31.2 Å². The number of aromatic nitrogens is 1. The molecule has 1 N–H and O–H groups in total. The molecule has 1 amide bonds. The lowest BCUT2D eigenvalue weighted by molar-refractivity contribution is -0.141. The smallest absolute Gasteiger partial charge is 0.308 e. The van der Waals surface area contributed by atoms with Gasteiger partial charge in [0.15, 0.2) is 11.7 Å². The summed E-state index contributed by atoms with van der Waals surface area (Å²) in [5.74, 6) is -0.115. The fraction of sp³-hybridized carbons (Fsp3) is 0.389. The highest BCUT2D eigenvalue weighted by Crippen LogP contribution is 2.22. The Labute approximate surface area is 140 Å². The number of aliphatic carboxylic acids is 1. The molecule has 6 heteroatoms. The van der Waals surface area contributed by atoms with Crippen molar-refractivity contribution < 1.29 is 19.1 Å². The fourth-order valence-electron chi connectivity index (χ4n) is 2.84. The zero-order valence-corrected chi connectivity index (χ0v) is 13.6. The fourth-order valence-corrected chi connectivity index (χ4v) is 2.84. The molecule has 1 aliphatic rings. The summed E-state index contributed by atoms with van der Waals surface area (Å²) in [7, 11) is 0. The second-order valence-corrected chi connectivity index (χ2v) is 6.15. The molecule has 6 nitrogen and oxygen atoms in total. The molecule has 1 fully saturated rings. The molecule has 0 bridgehead atoms. The number of likely N-dealkylation sites (tertiary alicyclic amines) is 1. The molecular weight excluding hydrogens is 308 g/mol. The van der Waals surface area contributed by atoms with Gasteiger partial charge in [-0.25, -0.2) is 4.98 Å².